The number of carbonyl (C=O) groups is 4. The van der Waals surface area contributed by atoms with Crippen LogP contribution in [0.25, 0.3) is 0 Å². The van der Waals surface area contributed by atoms with Gasteiger partial charge in [0.05, 0.1) is 14.2 Å². The molecule has 1 aliphatic carbocycles. The average Bonchev–Trinajstić information content (AvgIpc) is 3.40. The summed E-state index contributed by atoms with van der Waals surface area (Å²) in [5, 5.41) is 2.56. The number of urea groups is 1. The lowest BCUT2D eigenvalue weighted by Gasteiger charge is -2.15. The predicted octanol–water partition coefficient (Wildman–Crippen LogP) is 0.595. The molecule has 0 bridgehead atoms. The van der Waals surface area contributed by atoms with E-state index in [4.69, 9.17) is 9.47 Å². The molecule has 1 N–H and O–H groups in total. The first kappa shape index (κ1) is 16.7. The highest BCUT2D eigenvalue weighted by molar-refractivity contribution is 6.45. The molecular formula is C16H17N3O6. The van der Waals surface area contributed by atoms with Gasteiger partial charge < -0.3 is 14.8 Å². The summed E-state index contributed by atoms with van der Waals surface area (Å²) in [5.74, 6) is -1.52. The van der Waals surface area contributed by atoms with Crippen molar-refractivity contribution in [3.63, 3.8) is 0 Å². The van der Waals surface area contributed by atoms with Crippen molar-refractivity contribution in [2.75, 3.05) is 26.1 Å². The smallest absolute Gasteiger partial charge is 0.334 e. The average molecular weight is 347 g/mol. The molecule has 132 valence electrons. The maximum absolute atomic E-state index is 12.2. The van der Waals surface area contributed by atoms with Gasteiger partial charge in [-0.15, -0.1) is 0 Å². The first-order valence-corrected chi connectivity index (χ1v) is 7.67. The van der Waals surface area contributed by atoms with Crippen LogP contribution < -0.4 is 14.8 Å². The minimum absolute atomic E-state index is 0.220. The number of hydrogen-bond acceptors (Lipinski definition) is 6. The van der Waals surface area contributed by atoms with Crippen LogP contribution in [0.5, 0.6) is 11.5 Å². The molecule has 5 amide bonds. The monoisotopic (exact) mass is 347 g/mol. The topological polar surface area (TPSA) is 105 Å². The molecule has 0 atom stereocenters. The van der Waals surface area contributed by atoms with Gasteiger partial charge in [-0.25, -0.2) is 9.69 Å². The van der Waals surface area contributed by atoms with E-state index in [0.29, 0.717) is 34.9 Å². The van der Waals surface area contributed by atoms with Gasteiger partial charge in [0.1, 0.15) is 6.54 Å². The lowest BCUT2D eigenvalue weighted by atomic mass is 10.2. The number of benzene rings is 1. The lowest BCUT2D eigenvalue weighted by molar-refractivity contribution is -0.143. The summed E-state index contributed by atoms with van der Waals surface area (Å²) < 4.78 is 10.2. The summed E-state index contributed by atoms with van der Waals surface area (Å²) in [6.07, 6.45) is 1.38. The predicted molar refractivity (Wildman–Crippen MR) is 85.2 cm³/mol. The number of ether oxygens (including phenoxy) is 2. The SMILES string of the molecule is COc1ccc(NC(=O)CN2C(=O)C(=O)N(C3CC3)C2=O)cc1OC. The molecule has 0 radical (unpaired) electrons. The molecular weight excluding hydrogens is 330 g/mol. The molecule has 1 aliphatic heterocycles. The van der Waals surface area contributed by atoms with E-state index >= 15 is 0 Å². The Balaban J connectivity index is 1.67. The minimum atomic E-state index is -0.973. The molecule has 9 heteroatoms. The zero-order chi connectivity index (χ0) is 18.1. The number of nitrogens with zero attached hydrogens (tertiary/aromatic N) is 2. The highest BCUT2D eigenvalue weighted by Crippen LogP contribution is 2.31. The van der Waals surface area contributed by atoms with Crippen molar-refractivity contribution in [3.8, 4) is 11.5 Å². The van der Waals surface area contributed by atoms with E-state index in [2.05, 4.69) is 5.32 Å². The molecule has 1 aromatic rings. The van der Waals surface area contributed by atoms with E-state index < -0.39 is 30.3 Å². The summed E-state index contributed by atoms with van der Waals surface area (Å²) in [6, 6.07) is 3.79. The van der Waals surface area contributed by atoms with Gasteiger partial charge in [0.15, 0.2) is 11.5 Å². The Morgan fingerprint density at radius 2 is 1.80 bits per heavy atom. The lowest BCUT2D eigenvalue weighted by Crippen LogP contribution is -2.39. The van der Waals surface area contributed by atoms with E-state index in [1.807, 2.05) is 0 Å². The molecule has 0 unspecified atom stereocenters. The standard InChI is InChI=1S/C16H17N3O6/c1-24-11-6-3-9(7-12(11)25-2)17-13(20)8-18-14(21)15(22)19(16(18)23)10-4-5-10/h3,6-7,10H,4-5,8H2,1-2H3,(H,17,20). The van der Waals surface area contributed by atoms with Crippen LogP contribution >= 0.6 is 0 Å². The van der Waals surface area contributed by atoms with Gasteiger partial charge in [0, 0.05) is 17.8 Å². The van der Waals surface area contributed by atoms with Gasteiger partial charge in [-0.1, -0.05) is 0 Å². The van der Waals surface area contributed by atoms with Crippen LogP contribution in [0.4, 0.5) is 10.5 Å². The molecule has 2 aliphatic rings. The Labute approximate surface area is 143 Å². The third-order valence-electron chi connectivity index (χ3n) is 3.96. The normalized spacial score (nSPS) is 17.1. The summed E-state index contributed by atoms with van der Waals surface area (Å²) in [6.45, 7) is -0.527. The van der Waals surface area contributed by atoms with Gasteiger partial charge in [0.2, 0.25) is 5.91 Å². The van der Waals surface area contributed by atoms with Crippen LogP contribution in [0.15, 0.2) is 18.2 Å². The van der Waals surface area contributed by atoms with Crippen LogP contribution in [0.2, 0.25) is 0 Å². The van der Waals surface area contributed by atoms with Crippen LogP contribution in [-0.4, -0.2) is 60.4 Å². The van der Waals surface area contributed by atoms with Crippen molar-refractivity contribution in [1.82, 2.24) is 9.80 Å². The fourth-order valence-electron chi connectivity index (χ4n) is 2.57. The number of nitrogens with one attached hydrogen (secondary N) is 1. The van der Waals surface area contributed by atoms with E-state index in [1.54, 1.807) is 18.2 Å². The third kappa shape index (κ3) is 3.12. The fourth-order valence-corrected chi connectivity index (χ4v) is 2.57. The molecule has 0 aromatic heterocycles. The minimum Gasteiger partial charge on any atom is -0.493 e. The van der Waals surface area contributed by atoms with Crippen LogP contribution in [-0.2, 0) is 14.4 Å². The van der Waals surface area contributed by atoms with Crippen molar-refractivity contribution >= 4 is 29.4 Å². The van der Waals surface area contributed by atoms with Gasteiger partial charge in [-0.05, 0) is 25.0 Å². The second kappa shape index (κ2) is 6.42. The second-order valence-corrected chi connectivity index (χ2v) is 5.70. The molecule has 9 nitrogen and oxygen atoms in total. The van der Waals surface area contributed by atoms with Gasteiger partial charge in [-0.2, -0.15) is 0 Å². The van der Waals surface area contributed by atoms with Crippen molar-refractivity contribution in [2.45, 2.75) is 18.9 Å². The third-order valence-corrected chi connectivity index (χ3v) is 3.96. The zero-order valence-electron chi connectivity index (χ0n) is 13.8. The number of hydrogen-bond donors (Lipinski definition) is 1. The number of carbonyl (C=O) groups excluding carboxylic acids is 4. The number of anilines is 1. The zero-order valence-corrected chi connectivity index (χ0v) is 13.8. The van der Waals surface area contributed by atoms with E-state index in [0.717, 1.165) is 4.90 Å². The summed E-state index contributed by atoms with van der Waals surface area (Å²) in [5.41, 5.74) is 0.409. The first-order valence-electron chi connectivity index (χ1n) is 7.67. The van der Waals surface area contributed by atoms with E-state index in [9.17, 15) is 19.2 Å². The summed E-state index contributed by atoms with van der Waals surface area (Å²) >= 11 is 0. The first-order chi connectivity index (χ1) is 12.0. The summed E-state index contributed by atoms with van der Waals surface area (Å²) in [4.78, 5) is 49.7. The van der Waals surface area contributed by atoms with Crippen LogP contribution in [0.3, 0.4) is 0 Å². The van der Waals surface area contributed by atoms with Gasteiger partial charge in [0.25, 0.3) is 0 Å². The maximum atomic E-state index is 12.2. The Hall–Kier alpha value is -3.10. The van der Waals surface area contributed by atoms with Crippen molar-refractivity contribution in [2.24, 2.45) is 0 Å². The second-order valence-electron chi connectivity index (χ2n) is 5.70. The number of imide groups is 2. The molecule has 1 heterocycles. The Bertz CT molecular complexity index is 758. The Morgan fingerprint density at radius 1 is 1.12 bits per heavy atom. The number of rotatable bonds is 6. The van der Waals surface area contributed by atoms with Crippen molar-refractivity contribution in [1.29, 1.82) is 0 Å². The highest BCUT2D eigenvalue weighted by atomic mass is 16.5. The number of amides is 5. The fraction of sp³-hybridized carbons (Fsp3) is 0.375. The molecule has 25 heavy (non-hydrogen) atoms. The summed E-state index contributed by atoms with van der Waals surface area (Å²) in [7, 11) is 2.95. The molecule has 3 rings (SSSR count). The Morgan fingerprint density at radius 3 is 2.40 bits per heavy atom. The molecule has 1 aromatic carbocycles. The van der Waals surface area contributed by atoms with E-state index in [1.165, 1.54) is 14.2 Å². The number of methoxy groups -OCH3 is 2. The molecule has 1 saturated carbocycles. The van der Waals surface area contributed by atoms with Crippen molar-refractivity contribution < 1.29 is 28.7 Å². The largest absolute Gasteiger partial charge is 0.493 e. The van der Waals surface area contributed by atoms with Crippen LogP contribution in [0.1, 0.15) is 12.8 Å². The van der Waals surface area contributed by atoms with Crippen molar-refractivity contribution in [3.05, 3.63) is 18.2 Å². The maximum Gasteiger partial charge on any atom is 0.334 e. The highest BCUT2D eigenvalue weighted by Gasteiger charge is 2.51. The molecule has 2 fully saturated rings. The molecule has 1 saturated heterocycles. The van der Waals surface area contributed by atoms with Crippen LogP contribution in [0, 0.1) is 0 Å². The van der Waals surface area contributed by atoms with Gasteiger partial charge in [-0.3, -0.25) is 19.3 Å². The quantitative estimate of drug-likeness (QED) is 0.597. The Kier molecular flexibility index (Phi) is 4.30. The van der Waals surface area contributed by atoms with Gasteiger partial charge >= 0.3 is 17.8 Å². The molecule has 0 spiro atoms. The van der Waals surface area contributed by atoms with E-state index in [-0.39, 0.29) is 6.04 Å².